The van der Waals surface area contributed by atoms with Crippen molar-refractivity contribution in [2.24, 2.45) is 0 Å². The van der Waals surface area contributed by atoms with Gasteiger partial charge in [-0.05, 0) is 36.4 Å². The number of Topliss-reactive ketones (excluding diaryl/α,β-unsaturated/α-hetero) is 1. The molecule has 0 aromatic heterocycles. The molecule has 1 fully saturated rings. The van der Waals surface area contributed by atoms with E-state index in [0.29, 0.717) is 62.1 Å². The van der Waals surface area contributed by atoms with Gasteiger partial charge in [0.25, 0.3) is 0 Å². The summed E-state index contributed by atoms with van der Waals surface area (Å²) in [6.45, 7) is 2.55. The van der Waals surface area contributed by atoms with Gasteiger partial charge in [-0.2, -0.15) is 13.2 Å². The minimum Gasteiger partial charge on any atom is -0.486 e. The van der Waals surface area contributed by atoms with Crippen LogP contribution in [0.1, 0.15) is 28.8 Å². The first-order chi connectivity index (χ1) is 15.3. The Morgan fingerprint density at radius 3 is 2.31 bits per heavy atom. The van der Waals surface area contributed by atoms with Crippen LogP contribution in [-0.2, 0) is 11.0 Å². The number of alkyl halides is 3. The fourth-order valence-corrected chi connectivity index (χ4v) is 3.83. The SMILES string of the molecule is O=C(CCC(=O)N1CCN(c2cccc(C(F)(F)F)c2)CC1)c1ccc2c(c1)OCCO2. The van der Waals surface area contributed by atoms with Crippen molar-refractivity contribution in [3.8, 4) is 11.5 Å². The summed E-state index contributed by atoms with van der Waals surface area (Å²) >= 11 is 0. The van der Waals surface area contributed by atoms with Gasteiger partial charge in [0.1, 0.15) is 13.2 Å². The highest BCUT2D eigenvalue weighted by atomic mass is 19.4. The smallest absolute Gasteiger partial charge is 0.416 e. The van der Waals surface area contributed by atoms with E-state index in [2.05, 4.69) is 0 Å². The summed E-state index contributed by atoms with van der Waals surface area (Å²) in [5.41, 5.74) is 0.267. The molecule has 0 spiro atoms. The zero-order valence-corrected chi connectivity index (χ0v) is 17.4. The van der Waals surface area contributed by atoms with Gasteiger partial charge in [-0.25, -0.2) is 0 Å². The molecule has 1 saturated heterocycles. The molecule has 170 valence electrons. The Balaban J connectivity index is 1.28. The highest BCUT2D eigenvalue weighted by Crippen LogP contribution is 2.32. The Labute approximate surface area is 183 Å². The molecule has 4 rings (SSSR count). The van der Waals surface area contributed by atoms with Crippen LogP contribution in [0.5, 0.6) is 11.5 Å². The number of ether oxygens (including phenoxy) is 2. The zero-order chi connectivity index (χ0) is 22.7. The minimum atomic E-state index is -4.39. The predicted molar refractivity (Wildman–Crippen MR) is 111 cm³/mol. The molecule has 32 heavy (non-hydrogen) atoms. The third-order valence-corrected chi connectivity index (χ3v) is 5.60. The van der Waals surface area contributed by atoms with Crippen LogP contribution in [-0.4, -0.2) is 56.0 Å². The van der Waals surface area contributed by atoms with E-state index in [1.165, 1.54) is 6.07 Å². The molecule has 0 bridgehead atoms. The molecular weight excluding hydrogens is 425 g/mol. The van der Waals surface area contributed by atoms with Gasteiger partial charge in [0.05, 0.1) is 5.56 Å². The Hall–Kier alpha value is -3.23. The van der Waals surface area contributed by atoms with Crippen molar-refractivity contribution in [2.45, 2.75) is 19.0 Å². The van der Waals surface area contributed by atoms with Crippen molar-refractivity contribution in [2.75, 3.05) is 44.3 Å². The second kappa shape index (κ2) is 9.10. The Morgan fingerprint density at radius 1 is 0.875 bits per heavy atom. The molecule has 2 aromatic carbocycles. The van der Waals surface area contributed by atoms with Gasteiger partial charge in [0.15, 0.2) is 17.3 Å². The van der Waals surface area contributed by atoms with E-state index in [-0.39, 0.29) is 24.5 Å². The lowest BCUT2D eigenvalue weighted by Crippen LogP contribution is -2.48. The molecule has 0 atom stereocenters. The average Bonchev–Trinajstić information content (AvgIpc) is 2.81. The summed E-state index contributed by atoms with van der Waals surface area (Å²) in [6.07, 6.45) is -4.24. The first kappa shape index (κ1) is 22.0. The van der Waals surface area contributed by atoms with Crippen molar-refractivity contribution in [3.63, 3.8) is 0 Å². The number of anilines is 1. The second-order valence-electron chi connectivity index (χ2n) is 7.70. The van der Waals surface area contributed by atoms with E-state index >= 15 is 0 Å². The molecule has 0 radical (unpaired) electrons. The highest BCUT2D eigenvalue weighted by molar-refractivity contribution is 5.98. The van der Waals surface area contributed by atoms with Gasteiger partial charge in [-0.1, -0.05) is 6.07 Å². The summed E-state index contributed by atoms with van der Waals surface area (Å²) < 4.78 is 49.8. The quantitative estimate of drug-likeness (QED) is 0.652. The lowest BCUT2D eigenvalue weighted by Gasteiger charge is -2.36. The number of hydrogen-bond acceptors (Lipinski definition) is 5. The third kappa shape index (κ3) is 4.98. The maximum atomic E-state index is 12.9. The predicted octanol–water partition coefficient (Wildman–Crippen LogP) is 3.79. The Morgan fingerprint density at radius 2 is 1.59 bits per heavy atom. The van der Waals surface area contributed by atoms with Crippen LogP contribution in [0.15, 0.2) is 42.5 Å². The minimum absolute atomic E-state index is 0.0757. The largest absolute Gasteiger partial charge is 0.486 e. The fourth-order valence-electron chi connectivity index (χ4n) is 3.83. The normalized spacial score (nSPS) is 16.1. The molecular formula is C23H23F3N2O4. The highest BCUT2D eigenvalue weighted by Gasteiger charge is 2.31. The van der Waals surface area contributed by atoms with Crippen LogP contribution >= 0.6 is 0 Å². The van der Waals surface area contributed by atoms with Gasteiger partial charge >= 0.3 is 6.18 Å². The standard InChI is InChI=1S/C23H23F3N2O4/c24-23(25,26)17-2-1-3-18(15-17)27-8-10-28(11-9-27)22(30)7-5-19(29)16-4-6-20-21(14-16)32-13-12-31-20/h1-4,6,14-15H,5,7-13H2. The lowest BCUT2D eigenvalue weighted by molar-refractivity contribution is -0.137. The number of benzene rings is 2. The van der Waals surface area contributed by atoms with Crippen molar-refractivity contribution in [3.05, 3.63) is 53.6 Å². The van der Waals surface area contributed by atoms with Crippen LogP contribution in [0.4, 0.5) is 18.9 Å². The topological polar surface area (TPSA) is 59.1 Å². The molecule has 9 heteroatoms. The van der Waals surface area contributed by atoms with Crippen LogP contribution < -0.4 is 14.4 Å². The molecule has 0 unspecified atom stereocenters. The van der Waals surface area contributed by atoms with Crippen LogP contribution in [0.2, 0.25) is 0 Å². The monoisotopic (exact) mass is 448 g/mol. The summed E-state index contributed by atoms with van der Waals surface area (Å²) in [6, 6.07) is 10.2. The molecule has 1 amide bonds. The van der Waals surface area contributed by atoms with E-state index in [9.17, 15) is 22.8 Å². The van der Waals surface area contributed by atoms with E-state index in [1.54, 1.807) is 29.2 Å². The number of rotatable bonds is 5. The number of fused-ring (bicyclic) bond motifs is 1. The number of piperazine rings is 1. The van der Waals surface area contributed by atoms with Gasteiger partial charge in [0, 0.05) is 50.3 Å². The van der Waals surface area contributed by atoms with E-state index in [1.807, 2.05) is 4.90 Å². The first-order valence-corrected chi connectivity index (χ1v) is 10.4. The van der Waals surface area contributed by atoms with E-state index in [0.717, 1.165) is 12.1 Å². The molecule has 0 N–H and O–H groups in total. The summed E-state index contributed by atoms with van der Waals surface area (Å²) in [4.78, 5) is 28.5. The zero-order valence-electron chi connectivity index (χ0n) is 17.4. The summed E-state index contributed by atoms with van der Waals surface area (Å²) in [5, 5.41) is 0. The summed E-state index contributed by atoms with van der Waals surface area (Å²) in [5.74, 6) is 0.833. The molecule has 2 aliphatic heterocycles. The number of halogens is 3. The van der Waals surface area contributed by atoms with E-state index in [4.69, 9.17) is 9.47 Å². The molecule has 2 heterocycles. The van der Waals surface area contributed by atoms with Crippen molar-refractivity contribution < 1.29 is 32.2 Å². The third-order valence-electron chi connectivity index (χ3n) is 5.60. The van der Waals surface area contributed by atoms with Crippen LogP contribution in [0.3, 0.4) is 0 Å². The number of amides is 1. The number of ketones is 1. The number of carbonyl (C=O) groups excluding carboxylic acids is 2. The molecule has 6 nitrogen and oxygen atoms in total. The Bertz CT molecular complexity index is 1000. The van der Waals surface area contributed by atoms with Crippen molar-refractivity contribution in [1.82, 2.24) is 4.90 Å². The molecule has 0 aliphatic carbocycles. The Kier molecular flexibility index (Phi) is 6.25. The maximum Gasteiger partial charge on any atom is 0.416 e. The molecule has 2 aromatic rings. The van der Waals surface area contributed by atoms with E-state index < -0.39 is 11.7 Å². The van der Waals surface area contributed by atoms with Gasteiger partial charge in [0.2, 0.25) is 5.91 Å². The molecule has 2 aliphatic rings. The number of carbonyl (C=O) groups is 2. The number of hydrogen-bond donors (Lipinski definition) is 0. The van der Waals surface area contributed by atoms with Gasteiger partial charge < -0.3 is 19.3 Å². The first-order valence-electron chi connectivity index (χ1n) is 10.4. The lowest BCUT2D eigenvalue weighted by atomic mass is 10.1. The average molecular weight is 448 g/mol. The fraction of sp³-hybridized carbons (Fsp3) is 0.391. The summed E-state index contributed by atoms with van der Waals surface area (Å²) in [7, 11) is 0. The molecule has 0 saturated carbocycles. The van der Waals surface area contributed by atoms with Crippen molar-refractivity contribution in [1.29, 1.82) is 0 Å². The van der Waals surface area contributed by atoms with Crippen LogP contribution in [0, 0.1) is 0 Å². The van der Waals surface area contributed by atoms with Gasteiger partial charge in [-0.3, -0.25) is 9.59 Å². The van der Waals surface area contributed by atoms with Gasteiger partial charge in [-0.15, -0.1) is 0 Å². The number of nitrogens with zero attached hydrogens (tertiary/aromatic N) is 2. The van der Waals surface area contributed by atoms with Crippen molar-refractivity contribution >= 4 is 17.4 Å². The van der Waals surface area contributed by atoms with Crippen LogP contribution in [0.25, 0.3) is 0 Å². The maximum absolute atomic E-state index is 12.9. The second-order valence-corrected chi connectivity index (χ2v) is 7.70.